The van der Waals surface area contributed by atoms with Crippen LogP contribution >= 0.6 is 11.5 Å². The van der Waals surface area contributed by atoms with Crippen molar-refractivity contribution < 1.29 is 8.42 Å². The van der Waals surface area contributed by atoms with Gasteiger partial charge in [0.05, 0.1) is 16.6 Å². The fourth-order valence-corrected chi connectivity index (χ4v) is 5.10. The van der Waals surface area contributed by atoms with Crippen LogP contribution in [0.4, 0.5) is 11.5 Å². The van der Waals surface area contributed by atoms with E-state index in [1.165, 1.54) is 20.6 Å². The molecule has 2 heterocycles. The summed E-state index contributed by atoms with van der Waals surface area (Å²) in [7, 11) is -1.65. The summed E-state index contributed by atoms with van der Waals surface area (Å²) in [6.45, 7) is 4.80. The topological polar surface area (TPSA) is 56.8 Å². The van der Waals surface area contributed by atoms with Crippen molar-refractivity contribution in [3.05, 3.63) is 54.1 Å². The standard InChI is InChI=1S/C21H26N4O2S2/c1-23(29(2,26)27)19-9-5-3-7-17(19)11-12-24-13-15-25(16-14-24)21-18-8-4-6-10-20(18)28-22-21/h3-10H,11-16H2,1-2H3. The zero-order chi connectivity index (χ0) is 20.4. The van der Waals surface area contributed by atoms with Crippen LogP contribution in [0.1, 0.15) is 5.56 Å². The highest BCUT2D eigenvalue weighted by molar-refractivity contribution is 7.92. The summed E-state index contributed by atoms with van der Waals surface area (Å²) in [5.41, 5.74) is 1.83. The van der Waals surface area contributed by atoms with Crippen molar-refractivity contribution in [1.29, 1.82) is 0 Å². The summed E-state index contributed by atoms with van der Waals surface area (Å²) in [4.78, 5) is 4.82. The Kier molecular flexibility index (Phi) is 5.76. The van der Waals surface area contributed by atoms with Gasteiger partial charge in [-0.1, -0.05) is 30.3 Å². The van der Waals surface area contributed by atoms with Crippen LogP contribution in [-0.4, -0.2) is 63.7 Å². The molecule has 1 aliphatic heterocycles. The molecular formula is C21H26N4O2S2. The summed E-state index contributed by atoms with van der Waals surface area (Å²) < 4.78 is 31.2. The number of piperazine rings is 1. The molecule has 2 aromatic carbocycles. The maximum atomic E-state index is 11.9. The van der Waals surface area contributed by atoms with Gasteiger partial charge in [0.2, 0.25) is 10.0 Å². The third-order valence-electron chi connectivity index (χ3n) is 5.56. The lowest BCUT2D eigenvalue weighted by molar-refractivity contribution is 0.261. The molecule has 0 radical (unpaired) electrons. The molecule has 0 bridgehead atoms. The number of nitrogens with zero attached hydrogens (tertiary/aromatic N) is 4. The molecule has 4 rings (SSSR count). The molecule has 1 aromatic heterocycles. The summed E-state index contributed by atoms with van der Waals surface area (Å²) in [5, 5.41) is 1.24. The number of sulfonamides is 1. The first-order valence-electron chi connectivity index (χ1n) is 9.77. The van der Waals surface area contributed by atoms with Gasteiger partial charge in [-0.15, -0.1) is 0 Å². The Bertz CT molecular complexity index is 1090. The van der Waals surface area contributed by atoms with E-state index in [1.54, 1.807) is 18.6 Å². The third-order valence-corrected chi connectivity index (χ3v) is 7.56. The van der Waals surface area contributed by atoms with Crippen molar-refractivity contribution in [3.8, 4) is 0 Å². The quantitative estimate of drug-likeness (QED) is 0.602. The van der Waals surface area contributed by atoms with Gasteiger partial charge in [0.25, 0.3) is 0 Å². The molecular weight excluding hydrogens is 404 g/mol. The van der Waals surface area contributed by atoms with Crippen molar-refractivity contribution in [2.75, 3.05) is 55.2 Å². The maximum absolute atomic E-state index is 11.9. The molecule has 0 amide bonds. The van der Waals surface area contributed by atoms with E-state index in [4.69, 9.17) is 0 Å². The highest BCUT2D eigenvalue weighted by Gasteiger charge is 2.21. The Morgan fingerprint density at radius 1 is 1.03 bits per heavy atom. The number of anilines is 2. The predicted molar refractivity (Wildman–Crippen MR) is 122 cm³/mol. The molecule has 29 heavy (non-hydrogen) atoms. The molecule has 1 aliphatic rings. The number of para-hydroxylation sites is 1. The first kappa shape index (κ1) is 20.1. The van der Waals surface area contributed by atoms with Crippen molar-refractivity contribution >= 4 is 43.1 Å². The summed E-state index contributed by atoms with van der Waals surface area (Å²) in [5.74, 6) is 1.10. The maximum Gasteiger partial charge on any atom is 0.232 e. The lowest BCUT2D eigenvalue weighted by atomic mass is 10.1. The number of fused-ring (bicyclic) bond motifs is 1. The lowest BCUT2D eigenvalue weighted by Crippen LogP contribution is -2.47. The fourth-order valence-electron chi connectivity index (χ4n) is 3.77. The molecule has 154 valence electrons. The molecule has 1 fully saturated rings. The van der Waals surface area contributed by atoms with Gasteiger partial charge in [-0.05, 0) is 41.7 Å². The van der Waals surface area contributed by atoms with E-state index in [0.717, 1.165) is 56.2 Å². The van der Waals surface area contributed by atoms with Crippen LogP contribution in [0.15, 0.2) is 48.5 Å². The second-order valence-corrected chi connectivity index (χ2v) is 10.3. The van der Waals surface area contributed by atoms with E-state index in [1.807, 2.05) is 24.3 Å². The monoisotopic (exact) mass is 430 g/mol. The highest BCUT2D eigenvalue weighted by Crippen LogP contribution is 2.30. The summed E-state index contributed by atoms with van der Waals surface area (Å²) >= 11 is 1.56. The van der Waals surface area contributed by atoms with Crippen LogP contribution in [0.3, 0.4) is 0 Å². The van der Waals surface area contributed by atoms with Crippen LogP contribution in [0.5, 0.6) is 0 Å². The van der Waals surface area contributed by atoms with Crippen LogP contribution in [0, 0.1) is 0 Å². The molecule has 8 heteroatoms. The average Bonchev–Trinajstić information content (AvgIpc) is 3.16. The molecule has 3 aromatic rings. The molecule has 0 saturated carbocycles. The largest absolute Gasteiger partial charge is 0.353 e. The Morgan fingerprint density at radius 2 is 1.72 bits per heavy atom. The molecule has 0 spiro atoms. The SMILES string of the molecule is CN(c1ccccc1CCN1CCN(c2nsc3ccccc23)CC1)S(C)(=O)=O. The second-order valence-electron chi connectivity index (χ2n) is 7.44. The average molecular weight is 431 g/mol. The van der Waals surface area contributed by atoms with E-state index in [0.29, 0.717) is 0 Å². The zero-order valence-corrected chi connectivity index (χ0v) is 18.4. The Labute approximate surface area is 176 Å². The zero-order valence-electron chi connectivity index (χ0n) is 16.8. The first-order chi connectivity index (χ1) is 13.9. The minimum absolute atomic E-state index is 0.766. The van der Waals surface area contributed by atoms with Gasteiger partial charge in [0.15, 0.2) is 0 Å². The summed E-state index contributed by atoms with van der Waals surface area (Å²) in [6, 6.07) is 16.2. The van der Waals surface area contributed by atoms with Gasteiger partial charge in [0.1, 0.15) is 5.82 Å². The van der Waals surface area contributed by atoms with Crippen LogP contribution < -0.4 is 9.21 Å². The van der Waals surface area contributed by atoms with Crippen molar-refractivity contribution in [1.82, 2.24) is 9.27 Å². The minimum atomic E-state index is -3.26. The number of rotatable bonds is 6. The number of hydrogen-bond donors (Lipinski definition) is 0. The number of benzene rings is 2. The number of hydrogen-bond acceptors (Lipinski definition) is 6. The molecule has 0 N–H and O–H groups in total. The molecule has 0 aliphatic carbocycles. The van der Waals surface area contributed by atoms with Crippen LogP contribution in [0.25, 0.3) is 10.1 Å². The molecule has 0 atom stereocenters. The lowest BCUT2D eigenvalue weighted by Gasteiger charge is -2.35. The van der Waals surface area contributed by atoms with Crippen LogP contribution in [-0.2, 0) is 16.4 Å². The first-order valence-corrected chi connectivity index (χ1v) is 12.4. The Hall–Kier alpha value is -2.16. The highest BCUT2D eigenvalue weighted by atomic mass is 32.2. The van der Waals surface area contributed by atoms with Crippen LogP contribution in [0.2, 0.25) is 0 Å². The fraction of sp³-hybridized carbons (Fsp3) is 0.381. The van der Waals surface area contributed by atoms with E-state index < -0.39 is 10.0 Å². The predicted octanol–water partition coefficient (Wildman–Crippen LogP) is 3.06. The second kappa shape index (κ2) is 8.30. The number of aromatic nitrogens is 1. The molecule has 6 nitrogen and oxygen atoms in total. The van der Waals surface area contributed by atoms with Crippen molar-refractivity contribution in [2.24, 2.45) is 0 Å². The van der Waals surface area contributed by atoms with Gasteiger partial charge < -0.3 is 4.90 Å². The van der Waals surface area contributed by atoms with Crippen molar-refractivity contribution in [3.63, 3.8) is 0 Å². The molecule has 0 unspecified atom stereocenters. The Balaban J connectivity index is 1.38. The van der Waals surface area contributed by atoms with Gasteiger partial charge in [-0.25, -0.2) is 8.42 Å². The van der Waals surface area contributed by atoms with Gasteiger partial charge in [0, 0.05) is 45.2 Å². The van der Waals surface area contributed by atoms with Crippen molar-refractivity contribution in [2.45, 2.75) is 6.42 Å². The summed E-state index contributed by atoms with van der Waals surface area (Å²) in [6.07, 6.45) is 2.07. The van der Waals surface area contributed by atoms with E-state index in [9.17, 15) is 8.42 Å². The van der Waals surface area contributed by atoms with E-state index >= 15 is 0 Å². The van der Waals surface area contributed by atoms with E-state index in [-0.39, 0.29) is 0 Å². The van der Waals surface area contributed by atoms with Gasteiger partial charge >= 0.3 is 0 Å². The Morgan fingerprint density at radius 3 is 2.48 bits per heavy atom. The molecule has 1 saturated heterocycles. The minimum Gasteiger partial charge on any atom is -0.353 e. The van der Waals surface area contributed by atoms with Gasteiger partial charge in [-0.2, -0.15) is 4.37 Å². The van der Waals surface area contributed by atoms with Gasteiger partial charge in [-0.3, -0.25) is 9.21 Å². The third kappa shape index (κ3) is 4.39. The normalized spacial score (nSPS) is 15.7. The van der Waals surface area contributed by atoms with E-state index in [2.05, 4.69) is 38.4 Å². The smallest absolute Gasteiger partial charge is 0.232 e.